The third-order valence-electron chi connectivity index (χ3n) is 22.0. The van der Waals surface area contributed by atoms with Gasteiger partial charge in [-0.3, -0.25) is 0 Å². The van der Waals surface area contributed by atoms with Crippen LogP contribution in [0, 0.1) is 0 Å². The molecule has 0 spiro atoms. The Morgan fingerprint density at radius 2 is 0.785 bits per heavy atom. The molecule has 4 aliphatic carbocycles. The van der Waals surface area contributed by atoms with Gasteiger partial charge in [-0.1, -0.05) is 184 Å². The van der Waals surface area contributed by atoms with Gasteiger partial charge >= 0.3 is 0 Å². The Morgan fingerprint density at radius 1 is 0.312 bits per heavy atom. The SMILES string of the molecule is C.CC1(C)c2cc3c(ccc4ccccc43)c3c2-c2c1c1c(ccc4ccccc41)c[n+]2CO3.CC1(C)c2cccc3c2-c2c1cc1ccccc1[n+]2CO3.CC1(C)c2cccc3c2-c2c1cc1ccccc1[n+]2CO3.CC1(C)c2cccc3c2-c2c1ccc[n+]2CO3. The molecular weight excluding hydrogens is 1140 g/mol. The molecule has 0 bridgehead atoms. The number of fused-ring (bicyclic) bond motifs is 12. The second-order valence-electron chi connectivity index (χ2n) is 28.2. The summed E-state index contributed by atoms with van der Waals surface area (Å²) in [5.41, 5.74) is 24.1. The minimum atomic E-state index is -0.135. The summed E-state index contributed by atoms with van der Waals surface area (Å²) in [4.78, 5) is 0. The lowest BCUT2D eigenvalue weighted by Gasteiger charge is -2.22. The third-order valence-corrected chi connectivity index (χ3v) is 22.0. The molecule has 0 saturated carbocycles. The number of hydrogen-bond acceptors (Lipinski definition) is 4. The molecule has 452 valence electrons. The van der Waals surface area contributed by atoms with Crippen LogP contribution in [0.2, 0.25) is 0 Å². The molecule has 22 rings (SSSR count). The summed E-state index contributed by atoms with van der Waals surface area (Å²) >= 11 is 0. The van der Waals surface area contributed by atoms with Crippen molar-refractivity contribution in [1.29, 1.82) is 0 Å². The maximum atomic E-state index is 6.52. The zero-order valence-corrected chi connectivity index (χ0v) is 53.0. The molecule has 0 radical (unpaired) electrons. The number of aromatic nitrogens is 4. The maximum absolute atomic E-state index is 6.52. The third kappa shape index (κ3) is 7.43. The molecule has 0 saturated heterocycles. The van der Waals surface area contributed by atoms with Crippen LogP contribution in [0.3, 0.4) is 0 Å². The van der Waals surface area contributed by atoms with Gasteiger partial charge in [-0.05, 0) is 116 Å². The van der Waals surface area contributed by atoms with E-state index in [-0.39, 0.29) is 29.1 Å². The molecule has 8 heteroatoms. The van der Waals surface area contributed by atoms with Crippen molar-refractivity contribution in [2.75, 3.05) is 0 Å². The van der Waals surface area contributed by atoms with Crippen LogP contribution in [0.5, 0.6) is 23.0 Å². The summed E-state index contributed by atoms with van der Waals surface area (Å²) in [7, 11) is 0. The first-order valence-corrected chi connectivity index (χ1v) is 32.4. The largest absolute Gasteiger partial charge is 0.435 e. The van der Waals surface area contributed by atoms with E-state index in [0.29, 0.717) is 26.9 Å². The number of rotatable bonds is 0. The summed E-state index contributed by atoms with van der Waals surface area (Å²) in [6.45, 7) is 20.9. The minimum Gasteiger partial charge on any atom is -0.435 e. The average molecular weight is 1210 g/mol. The van der Waals surface area contributed by atoms with E-state index in [9.17, 15) is 0 Å². The molecule has 8 aliphatic rings. The highest BCUT2D eigenvalue weighted by Crippen LogP contribution is 2.59. The minimum absolute atomic E-state index is 0. The Bertz CT molecular complexity index is 5470. The van der Waals surface area contributed by atoms with Crippen LogP contribution in [0.15, 0.2) is 219 Å². The van der Waals surface area contributed by atoms with E-state index < -0.39 is 0 Å². The molecule has 0 N–H and O–H groups in total. The van der Waals surface area contributed by atoms with Gasteiger partial charge in [0.05, 0.1) is 22.3 Å². The molecular formula is C85H72N4O4+4. The summed E-state index contributed by atoms with van der Waals surface area (Å²) in [5.74, 6) is 4.12. The van der Waals surface area contributed by atoms with Crippen LogP contribution in [0.1, 0.15) is 107 Å². The summed E-state index contributed by atoms with van der Waals surface area (Å²) < 4.78 is 33.6. The Balaban J connectivity index is 0.0000000940. The van der Waals surface area contributed by atoms with Crippen molar-refractivity contribution in [2.45, 2.75) is 111 Å². The molecule has 93 heavy (non-hydrogen) atoms. The predicted molar refractivity (Wildman–Crippen MR) is 371 cm³/mol. The van der Waals surface area contributed by atoms with Crippen molar-refractivity contribution in [3.05, 3.63) is 263 Å². The maximum Gasteiger partial charge on any atom is 0.293 e. The van der Waals surface area contributed by atoms with E-state index in [1.54, 1.807) is 0 Å². The van der Waals surface area contributed by atoms with E-state index in [2.05, 4.69) is 292 Å². The van der Waals surface area contributed by atoms with Crippen LogP contribution in [0.25, 0.3) is 110 Å². The summed E-state index contributed by atoms with van der Waals surface area (Å²) in [6.07, 6.45) is 4.37. The number of pyridine rings is 4. The van der Waals surface area contributed by atoms with Crippen molar-refractivity contribution in [2.24, 2.45) is 0 Å². The van der Waals surface area contributed by atoms with Gasteiger partial charge in [0.25, 0.3) is 26.9 Å². The van der Waals surface area contributed by atoms with Crippen molar-refractivity contribution < 1.29 is 37.2 Å². The molecule has 0 atom stereocenters. The monoisotopic (exact) mass is 1210 g/mol. The van der Waals surface area contributed by atoms with Crippen molar-refractivity contribution in [1.82, 2.24) is 0 Å². The smallest absolute Gasteiger partial charge is 0.293 e. The van der Waals surface area contributed by atoms with Gasteiger partial charge in [0.15, 0.2) is 12.4 Å². The van der Waals surface area contributed by atoms with E-state index in [1.807, 2.05) is 0 Å². The lowest BCUT2D eigenvalue weighted by atomic mass is 9.79. The Kier molecular flexibility index (Phi) is 11.5. The molecule has 10 aromatic carbocycles. The van der Waals surface area contributed by atoms with Gasteiger partial charge in [-0.15, -0.1) is 0 Å². The van der Waals surface area contributed by atoms with Crippen molar-refractivity contribution >= 4 is 64.9 Å². The van der Waals surface area contributed by atoms with E-state index >= 15 is 0 Å². The van der Waals surface area contributed by atoms with Crippen LogP contribution in [0.4, 0.5) is 0 Å². The van der Waals surface area contributed by atoms with Crippen LogP contribution in [-0.2, 0) is 48.6 Å². The van der Waals surface area contributed by atoms with Gasteiger partial charge in [0.2, 0.25) is 33.8 Å². The Hall–Kier alpha value is -10.4. The lowest BCUT2D eigenvalue weighted by Crippen LogP contribution is -2.42. The van der Waals surface area contributed by atoms with Gasteiger partial charge < -0.3 is 18.9 Å². The highest BCUT2D eigenvalue weighted by Gasteiger charge is 2.51. The number of ether oxygens (including phenoxy) is 4. The molecule has 0 unspecified atom stereocenters. The highest BCUT2D eigenvalue weighted by atomic mass is 16.5. The normalized spacial score (nSPS) is 16.2. The fraction of sp³-hybridized carbons (Fsp3) is 0.200. The zero-order chi connectivity index (χ0) is 61.9. The van der Waals surface area contributed by atoms with Crippen LogP contribution < -0.4 is 37.2 Å². The second-order valence-corrected chi connectivity index (χ2v) is 28.2. The quantitative estimate of drug-likeness (QED) is 0.112. The first-order valence-electron chi connectivity index (χ1n) is 32.4. The van der Waals surface area contributed by atoms with Gasteiger partial charge in [-0.25, -0.2) is 0 Å². The van der Waals surface area contributed by atoms with E-state index in [4.69, 9.17) is 18.9 Å². The molecule has 4 aromatic heterocycles. The Morgan fingerprint density at radius 3 is 1.39 bits per heavy atom. The zero-order valence-electron chi connectivity index (χ0n) is 53.0. The first-order chi connectivity index (χ1) is 44.7. The van der Waals surface area contributed by atoms with E-state index in [1.165, 1.54) is 154 Å². The molecule has 8 nitrogen and oxygen atoms in total. The van der Waals surface area contributed by atoms with Crippen molar-refractivity contribution in [3.63, 3.8) is 0 Å². The summed E-state index contributed by atoms with van der Waals surface area (Å²) in [5, 5.41) is 12.9. The topological polar surface area (TPSA) is 52.4 Å². The van der Waals surface area contributed by atoms with Gasteiger partial charge in [-0.2, -0.15) is 18.3 Å². The fourth-order valence-electron chi connectivity index (χ4n) is 17.4. The van der Waals surface area contributed by atoms with Crippen LogP contribution in [-0.4, -0.2) is 0 Å². The fourth-order valence-corrected chi connectivity index (χ4v) is 17.4. The Labute approximate surface area is 541 Å². The summed E-state index contributed by atoms with van der Waals surface area (Å²) in [6, 6.07) is 74.3. The van der Waals surface area contributed by atoms with Crippen molar-refractivity contribution in [3.8, 4) is 68.0 Å². The standard InChI is InChI=1S/C31H22NO.2C19H16NO.C15H14NO.CH4/c1-31(2)25-15-24-21-9-5-3-7-18(21)13-14-23(24)30-27(25)29-28(31)26-20(16-32(29)17-33-30)12-11-19-8-4-6-10-22(19)26;2*1-19(2)13-7-5-9-16-17(13)18-14(19)10-12-6-3-4-8-15(12)20(18)11-21-16;1-15(2)10-5-3-7-12-13(10)14-11(15)6-4-8-16(14)9-17-12;/h3-16H,17H2,1-2H3;2*3-10H,11H2,1-2H3;3-8H,9H2,1-2H3;1H4/q4*+1;. The molecule has 4 aliphatic heterocycles. The molecule has 14 aromatic rings. The number of benzene rings is 10. The average Bonchev–Trinajstić information content (AvgIpc) is 1.56. The molecule has 8 heterocycles. The first kappa shape index (κ1) is 55.4. The molecule has 0 fully saturated rings. The lowest BCUT2D eigenvalue weighted by molar-refractivity contribution is -0.717. The van der Waals surface area contributed by atoms with Gasteiger partial charge in [0, 0.05) is 89.0 Å². The number of nitrogens with zero attached hydrogens (tertiary/aromatic N) is 4. The molecule has 0 amide bonds. The van der Waals surface area contributed by atoms with Crippen LogP contribution >= 0.6 is 0 Å². The second kappa shape index (κ2) is 19.3. The number of para-hydroxylation sites is 2. The number of hydrogen-bond donors (Lipinski definition) is 0. The van der Waals surface area contributed by atoms with Gasteiger partial charge in [0.1, 0.15) is 23.0 Å². The highest BCUT2D eigenvalue weighted by molar-refractivity contribution is 6.16. The predicted octanol–water partition coefficient (Wildman–Crippen LogP) is 18.1. The van der Waals surface area contributed by atoms with E-state index in [0.717, 1.165) is 23.0 Å².